The van der Waals surface area contributed by atoms with Crippen molar-refractivity contribution in [1.29, 1.82) is 0 Å². The number of nitrogens with zero attached hydrogens (tertiary/aromatic N) is 1. The molecule has 33 heavy (non-hydrogen) atoms. The number of pyridine rings is 1. The molecule has 0 spiro atoms. The highest BCUT2D eigenvalue weighted by Gasteiger charge is 2.21. The number of hydrogen-bond acceptors (Lipinski definition) is 2. The van der Waals surface area contributed by atoms with Crippen LogP contribution in [-0.4, -0.2) is 4.98 Å². The van der Waals surface area contributed by atoms with Crippen LogP contribution in [-0.2, 0) is 6.42 Å². The molecule has 4 aromatic carbocycles. The van der Waals surface area contributed by atoms with E-state index < -0.39 is 0 Å². The fraction of sp³-hybridized carbons (Fsp3) is 0.129. The van der Waals surface area contributed by atoms with Crippen molar-refractivity contribution in [3.05, 3.63) is 103 Å². The van der Waals surface area contributed by atoms with Crippen molar-refractivity contribution in [2.45, 2.75) is 20.3 Å². The monoisotopic (exact) mass is 427 g/mol. The fourth-order valence-corrected chi connectivity index (χ4v) is 4.88. The first-order chi connectivity index (χ1) is 16.2. The minimum atomic E-state index is 0.637. The molecule has 2 heteroatoms. The largest absolute Gasteiger partial charge is 0.456 e. The number of hydrogen-bond donors (Lipinski definition) is 0. The molecule has 5 aromatic rings. The maximum Gasteiger partial charge on any atom is 0.135 e. The number of para-hydroxylation sites is 1. The average Bonchev–Trinajstić information content (AvgIpc) is 2.97. The predicted molar refractivity (Wildman–Crippen MR) is 137 cm³/mol. The molecule has 0 unspecified atom stereocenters. The number of fused-ring (bicyclic) bond motifs is 6. The summed E-state index contributed by atoms with van der Waals surface area (Å²) in [5.41, 5.74) is 8.05. The summed E-state index contributed by atoms with van der Waals surface area (Å²) >= 11 is 0. The molecule has 1 aromatic heterocycles. The van der Waals surface area contributed by atoms with Crippen LogP contribution in [0.2, 0.25) is 0 Å². The Kier molecular flexibility index (Phi) is 4.73. The summed E-state index contributed by atoms with van der Waals surface area (Å²) < 4.78 is 6.40. The van der Waals surface area contributed by atoms with E-state index in [2.05, 4.69) is 92.7 Å². The summed E-state index contributed by atoms with van der Waals surface area (Å²) in [5, 5.41) is 2.41. The highest BCUT2D eigenvalue weighted by molar-refractivity contribution is 5.97. The zero-order valence-electron chi connectivity index (χ0n) is 18.9. The van der Waals surface area contributed by atoms with E-state index in [-0.39, 0.29) is 0 Å². The molecule has 0 atom stereocenters. The molecular formula is C31H25NO. The maximum atomic E-state index is 6.40. The van der Waals surface area contributed by atoms with Gasteiger partial charge in [-0.3, -0.25) is 4.98 Å². The van der Waals surface area contributed by atoms with Gasteiger partial charge in [0.1, 0.15) is 11.5 Å². The van der Waals surface area contributed by atoms with Gasteiger partial charge < -0.3 is 4.74 Å². The van der Waals surface area contributed by atoms with Crippen LogP contribution >= 0.6 is 0 Å². The second kappa shape index (κ2) is 7.90. The molecule has 2 heterocycles. The zero-order valence-corrected chi connectivity index (χ0v) is 18.9. The van der Waals surface area contributed by atoms with Crippen LogP contribution in [0.25, 0.3) is 44.3 Å². The number of ether oxygens (including phenoxy) is 1. The van der Waals surface area contributed by atoms with E-state index in [0.717, 1.165) is 40.3 Å². The lowest BCUT2D eigenvalue weighted by atomic mass is 9.92. The van der Waals surface area contributed by atoms with Gasteiger partial charge in [-0.15, -0.1) is 0 Å². The highest BCUT2D eigenvalue weighted by Crippen LogP contribution is 2.47. The van der Waals surface area contributed by atoms with Crippen molar-refractivity contribution >= 4 is 10.8 Å². The molecule has 160 valence electrons. The van der Waals surface area contributed by atoms with Gasteiger partial charge in [0.25, 0.3) is 0 Å². The van der Waals surface area contributed by atoms with Gasteiger partial charge in [0.15, 0.2) is 0 Å². The second-order valence-electron chi connectivity index (χ2n) is 9.17. The Bertz CT molecular complexity index is 1500. The number of rotatable bonds is 3. The van der Waals surface area contributed by atoms with Crippen molar-refractivity contribution in [1.82, 2.24) is 4.98 Å². The molecule has 0 radical (unpaired) electrons. The summed E-state index contributed by atoms with van der Waals surface area (Å²) in [4.78, 5) is 4.79. The highest BCUT2D eigenvalue weighted by atomic mass is 16.5. The Morgan fingerprint density at radius 3 is 2.24 bits per heavy atom. The summed E-state index contributed by atoms with van der Waals surface area (Å²) in [7, 11) is 0. The van der Waals surface area contributed by atoms with E-state index in [0.29, 0.717) is 5.92 Å². The van der Waals surface area contributed by atoms with Gasteiger partial charge in [0.2, 0.25) is 0 Å². The minimum absolute atomic E-state index is 0.637. The molecule has 0 aliphatic carbocycles. The lowest BCUT2D eigenvalue weighted by molar-refractivity contribution is 0.488. The smallest absolute Gasteiger partial charge is 0.135 e. The van der Waals surface area contributed by atoms with Gasteiger partial charge in [-0.1, -0.05) is 74.5 Å². The van der Waals surface area contributed by atoms with Crippen molar-refractivity contribution in [3.63, 3.8) is 0 Å². The van der Waals surface area contributed by atoms with Crippen molar-refractivity contribution in [2.75, 3.05) is 0 Å². The lowest BCUT2D eigenvalue weighted by Crippen LogP contribution is -1.94. The molecule has 0 N–H and O–H groups in total. The Balaban J connectivity index is 1.52. The van der Waals surface area contributed by atoms with E-state index >= 15 is 0 Å². The minimum Gasteiger partial charge on any atom is -0.456 e. The SMILES string of the molecule is CC(C)Cc1ccc2c(-c3ccc4c(c3)-c3ccccc3-c3ccccc3O4)nccc2c1. The Hall–Kier alpha value is -3.91. The molecule has 1 aliphatic heterocycles. The topological polar surface area (TPSA) is 22.1 Å². The number of benzene rings is 4. The first-order valence-corrected chi connectivity index (χ1v) is 11.6. The van der Waals surface area contributed by atoms with E-state index in [9.17, 15) is 0 Å². The van der Waals surface area contributed by atoms with Crippen LogP contribution in [0.4, 0.5) is 0 Å². The Morgan fingerprint density at radius 1 is 0.697 bits per heavy atom. The van der Waals surface area contributed by atoms with E-state index in [4.69, 9.17) is 9.72 Å². The summed E-state index contributed by atoms with van der Waals surface area (Å²) in [5.74, 6) is 2.39. The summed E-state index contributed by atoms with van der Waals surface area (Å²) in [6.07, 6.45) is 3.00. The molecule has 1 aliphatic rings. The molecule has 6 rings (SSSR count). The molecule has 0 amide bonds. The Morgan fingerprint density at radius 2 is 1.42 bits per heavy atom. The molecular weight excluding hydrogens is 402 g/mol. The maximum absolute atomic E-state index is 6.40. The zero-order chi connectivity index (χ0) is 22.4. The van der Waals surface area contributed by atoms with Crippen LogP contribution in [0.5, 0.6) is 11.5 Å². The molecule has 0 saturated carbocycles. The van der Waals surface area contributed by atoms with Gasteiger partial charge in [0.05, 0.1) is 5.69 Å². The predicted octanol–water partition coefficient (Wildman–Crippen LogP) is 8.54. The van der Waals surface area contributed by atoms with E-state index in [1.54, 1.807) is 0 Å². The normalized spacial score (nSPS) is 12.0. The van der Waals surface area contributed by atoms with Crippen molar-refractivity contribution in [3.8, 4) is 45.0 Å². The summed E-state index contributed by atoms with van der Waals surface area (Å²) in [6, 6.07) is 32.1. The van der Waals surface area contributed by atoms with Crippen molar-refractivity contribution in [2.24, 2.45) is 5.92 Å². The lowest BCUT2D eigenvalue weighted by Gasteiger charge is -2.13. The van der Waals surface area contributed by atoms with Gasteiger partial charge in [-0.05, 0) is 64.7 Å². The number of aromatic nitrogens is 1. The van der Waals surface area contributed by atoms with Crippen LogP contribution in [0.1, 0.15) is 19.4 Å². The summed E-state index contributed by atoms with van der Waals surface area (Å²) in [6.45, 7) is 4.52. The van der Waals surface area contributed by atoms with E-state index in [1.165, 1.54) is 27.5 Å². The van der Waals surface area contributed by atoms with Crippen molar-refractivity contribution < 1.29 is 4.74 Å². The first kappa shape index (κ1) is 19.8. The molecule has 0 fully saturated rings. The van der Waals surface area contributed by atoms with E-state index in [1.807, 2.05) is 18.3 Å². The first-order valence-electron chi connectivity index (χ1n) is 11.6. The van der Waals surface area contributed by atoms with Gasteiger partial charge in [-0.25, -0.2) is 0 Å². The fourth-order valence-electron chi connectivity index (χ4n) is 4.88. The van der Waals surface area contributed by atoms with Gasteiger partial charge in [0, 0.05) is 28.3 Å². The molecule has 0 saturated heterocycles. The van der Waals surface area contributed by atoms with Crippen LogP contribution < -0.4 is 4.74 Å². The second-order valence-corrected chi connectivity index (χ2v) is 9.17. The third kappa shape index (κ3) is 3.48. The van der Waals surface area contributed by atoms with Crippen LogP contribution in [0.15, 0.2) is 97.2 Å². The third-order valence-corrected chi connectivity index (χ3v) is 6.34. The third-order valence-electron chi connectivity index (χ3n) is 6.34. The molecule has 2 nitrogen and oxygen atoms in total. The van der Waals surface area contributed by atoms with Gasteiger partial charge >= 0.3 is 0 Å². The van der Waals surface area contributed by atoms with Crippen LogP contribution in [0, 0.1) is 5.92 Å². The van der Waals surface area contributed by atoms with Crippen LogP contribution in [0.3, 0.4) is 0 Å². The quantitative estimate of drug-likeness (QED) is 0.282. The van der Waals surface area contributed by atoms with Gasteiger partial charge in [-0.2, -0.15) is 0 Å². The molecule has 0 bridgehead atoms. The average molecular weight is 428 g/mol. The standard InChI is InChI=1S/C31H25NO/c1-20(2)17-21-11-13-24-22(18-21)15-16-32-31(24)23-12-14-30-28(19-23)26-8-4-3-7-25(26)27-9-5-6-10-29(27)33-30/h3-16,18-20H,17H2,1-2H3. The Labute approximate surface area is 194 Å².